The lowest BCUT2D eigenvalue weighted by atomic mass is 10.5. The summed E-state index contributed by atoms with van der Waals surface area (Å²) in [5.41, 5.74) is 0. The molecule has 0 saturated heterocycles. The van der Waals surface area contributed by atoms with Gasteiger partial charge in [0.1, 0.15) is 0 Å². The molecule has 0 aliphatic carbocycles. The van der Waals surface area contributed by atoms with Crippen molar-refractivity contribution in [2.75, 3.05) is 44.9 Å². The van der Waals surface area contributed by atoms with Crippen LogP contribution in [0.4, 0.5) is 0 Å². The minimum absolute atomic E-state index is 0.123. The van der Waals surface area contributed by atoms with E-state index in [-0.39, 0.29) is 6.54 Å². The molecular formula is C10H22N2O2S. The second-order valence-electron chi connectivity index (χ2n) is 3.47. The summed E-state index contributed by atoms with van der Waals surface area (Å²) in [5.74, 6) is 1.08. The van der Waals surface area contributed by atoms with E-state index in [0.29, 0.717) is 0 Å². The van der Waals surface area contributed by atoms with Gasteiger partial charge in [-0.2, -0.15) is 0 Å². The lowest BCUT2D eigenvalue weighted by Gasteiger charge is -2.18. The molecule has 15 heavy (non-hydrogen) atoms. The molecule has 0 saturated carbocycles. The first-order valence-electron chi connectivity index (χ1n) is 5.30. The topological polar surface area (TPSA) is 43.8 Å². The van der Waals surface area contributed by atoms with Gasteiger partial charge in [0.15, 0.2) is 0 Å². The molecule has 0 radical (unpaired) electrons. The fourth-order valence-corrected chi connectivity index (χ4v) is 2.15. The Labute approximate surface area is 96.6 Å². The van der Waals surface area contributed by atoms with Crippen LogP contribution in [-0.2, 0) is 4.79 Å². The zero-order valence-electron chi connectivity index (χ0n) is 9.90. The molecule has 0 aliphatic heterocycles. The largest absolute Gasteiger partial charge is 0.480 e. The van der Waals surface area contributed by atoms with E-state index in [1.807, 2.05) is 11.9 Å². The Balaban J connectivity index is 3.40. The molecule has 0 atom stereocenters. The molecule has 0 aromatic rings. The number of carboxylic acid groups (broad SMARTS) is 1. The van der Waals surface area contributed by atoms with Gasteiger partial charge in [-0.15, -0.1) is 11.8 Å². The standard InChI is InChI=1S/C10H22N2O2S/c1-4-12(5-2)6-7-15-9-11(3)8-10(13)14/h4-9H2,1-3H3,(H,13,14). The lowest BCUT2D eigenvalue weighted by Crippen LogP contribution is -2.28. The van der Waals surface area contributed by atoms with Gasteiger partial charge < -0.3 is 10.0 Å². The van der Waals surface area contributed by atoms with Gasteiger partial charge in [-0.3, -0.25) is 9.69 Å². The maximum atomic E-state index is 10.4. The number of hydrogen-bond donors (Lipinski definition) is 1. The zero-order chi connectivity index (χ0) is 11.7. The zero-order valence-corrected chi connectivity index (χ0v) is 10.7. The van der Waals surface area contributed by atoms with Gasteiger partial charge in [0.25, 0.3) is 0 Å². The molecule has 0 amide bonds. The summed E-state index contributed by atoms with van der Waals surface area (Å²) in [6.45, 7) is 7.69. The number of aliphatic carboxylic acids is 1. The highest BCUT2D eigenvalue weighted by atomic mass is 32.2. The summed E-state index contributed by atoms with van der Waals surface area (Å²) in [6.07, 6.45) is 0. The maximum Gasteiger partial charge on any atom is 0.317 e. The fourth-order valence-electron chi connectivity index (χ4n) is 1.23. The Morgan fingerprint density at radius 3 is 2.40 bits per heavy atom. The molecule has 0 heterocycles. The van der Waals surface area contributed by atoms with Gasteiger partial charge in [0, 0.05) is 18.2 Å². The summed E-state index contributed by atoms with van der Waals surface area (Å²) in [6, 6.07) is 0. The predicted molar refractivity (Wildman–Crippen MR) is 65.4 cm³/mol. The number of nitrogens with zero attached hydrogens (tertiary/aromatic N) is 2. The molecule has 0 fully saturated rings. The molecule has 4 nitrogen and oxygen atoms in total. The molecule has 90 valence electrons. The average Bonchev–Trinajstić information content (AvgIpc) is 2.17. The van der Waals surface area contributed by atoms with E-state index < -0.39 is 5.97 Å². The van der Waals surface area contributed by atoms with E-state index in [1.54, 1.807) is 11.8 Å². The van der Waals surface area contributed by atoms with Crippen LogP contribution in [-0.4, -0.2) is 65.7 Å². The molecule has 0 bridgehead atoms. The second kappa shape index (κ2) is 9.00. The van der Waals surface area contributed by atoms with Crippen LogP contribution in [0.25, 0.3) is 0 Å². The Morgan fingerprint density at radius 1 is 1.33 bits per heavy atom. The number of rotatable bonds is 9. The van der Waals surface area contributed by atoms with E-state index >= 15 is 0 Å². The van der Waals surface area contributed by atoms with Crippen molar-refractivity contribution in [1.82, 2.24) is 9.80 Å². The Morgan fingerprint density at radius 2 is 1.93 bits per heavy atom. The van der Waals surface area contributed by atoms with Crippen molar-refractivity contribution < 1.29 is 9.90 Å². The third-order valence-electron chi connectivity index (χ3n) is 2.16. The Hall–Kier alpha value is -0.260. The normalized spacial score (nSPS) is 11.3. The van der Waals surface area contributed by atoms with E-state index in [9.17, 15) is 4.79 Å². The van der Waals surface area contributed by atoms with Gasteiger partial charge in [0.2, 0.25) is 0 Å². The second-order valence-corrected chi connectivity index (χ2v) is 4.55. The van der Waals surface area contributed by atoms with Crippen molar-refractivity contribution in [1.29, 1.82) is 0 Å². The molecule has 5 heteroatoms. The minimum atomic E-state index is -0.762. The van der Waals surface area contributed by atoms with Crippen molar-refractivity contribution in [3.05, 3.63) is 0 Å². The van der Waals surface area contributed by atoms with Crippen LogP contribution in [0.5, 0.6) is 0 Å². The summed E-state index contributed by atoms with van der Waals surface area (Å²) < 4.78 is 0. The first kappa shape index (κ1) is 14.7. The molecule has 1 N–H and O–H groups in total. The molecule has 0 unspecified atom stereocenters. The first-order valence-corrected chi connectivity index (χ1v) is 6.46. The van der Waals surface area contributed by atoms with Gasteiger partial charge in [-0.25, -0.2) is 0 Å². The highest BCUT2D eigenvalue weighted by molar-refractivity contribution is 7.99. The van der Waals surface area contributed by atoms with Gasteiger partial charge in [0.05, 0.1) is 6.54 Å². The summed E-state index contributed by atoms with van der Waals surface area (Å²) in [5, 5.41) is 8.55. The van der Waals surface area contributed by atoms with Crippen LogP contribution >= 0.6 is 11.8 Å². The van der Waals surface area contributed by atoms with Gasteiger partial charge >= 0.3 is 5.97 Å². The molecule has 0 aromatic heterocycles. The quantitative estimate of drug-likeness (QED) is 0.477. The Kier molecular flexibility index (Phi) is 8.85. The third kappa shape index (κ3) is 8.72. The number of carboxylic acids is 1. The molecule has 0 rings (SSSR count). The number of thioether (sulfide) groups is 1. The smallest absolute Gasteiger partial charge is 0.317 e. The van der Waals surface area contributed by atoms with E-state index in [2.05, 4.69) is 18.7 Å². The summed E-state index contributed by atoms with van der Waals surface area (Å²) >= 11 is 1.78. The average molecular weight is 234 g/mol. The molecular weight excluding hydrogens is 212 g/mol. The number of hydrogen-bond acceptors (Lipinski definition) is 4. The summed E-state index contributed by atoms with van der Waals surface area (Å²) in [7, 11) is 1.83. The Bertz CT molecular complexity index is 175. The van der Waals surface area contributed by atoms with Crippen molar-refractivity contribution >= 4 is 17.7 Å². The fraction of sp³-hybridized carbons (Fsp3) is 0.900. The van der Waals surface area contributed by atoms with Gasteiger partial charge in [-0.1, -0.05) is 13.8 Å². The number of carbonyl (C=O) groups is 1. The van der Waals surface area contributed by atoms with Crippen LogP contribution in [0.1, 0.15) is 13.8 Å². The number of likely N-dealkylation sites (N-methyl/N-ethyl adjacent to an activating group) is 1. The molecule has 0 aliphatic rings. The monoisotopic (exact) mass is 234 g/mol. The molecule has 0 spiro atoms. The van der Waals surface area contributed by atoms with Crippen molar-refractivity contribution in [3.63, 3.8) is 0 Å². The van der Waals surface area contributed by atoms with Crippen LogP contribution in [0.15, 0.2) is 0 Å². The minimum Gasteiger partial charge on any atom is -0.480 e. The van der Waals surface area contributed by atoms with E-state index in [0.717, 1.165) is 31.3 Å². The SMILES string of the molecule is CCN(CC)CCSCN(C)CC(=O)O. The molecule has 0 aromatic carbocycles. The van der Waals surface area contributed by atoms with Crippen LogP contribution in [0.3, 0.4) is 0 Å². The highest BCUT2D eigenvalue weighted by Gasteiger charge is 2.04. The van der Waals surface area contributed by atoms with Crippen LogP contribution in [0, 0.1) is 0 Å². The third-order valence-corrected chi connectivity index (χ3v) is 3.26. The lowest BCUT2D eigenvalue weighted by molar-refractivity contribution is -0.137. The van der Waals surface area contributed by atoms with Crippen molar-refractivity contribution in [2.45, 2.75) is 13.8 Å². The maximum absolute atomic E-state index is 10.4. The summed E-state index contributed by atoms with van der Waals surface area (Å²) in [4.78, 5) is 14.6. The predicted octanol–water partition coefficient (Wildman–Crippen LogP) is 1.04. The van der Waals surface area contributed by atoms with Crippen molar-refractivity contribution in [3.8, 4) is 0 Å². The van der Waals surface area contributed by atoms with E-state index in [4.69, 9.17) is 5.11 Å². The van der Waals surface area contributed by atoms with Crippen LogP contribution in [0.2, 0.25) is 0 Å². The first-order chi connectivity index (χ1) is 7.10. The van der Waals surface area contributed by atoms with Crippen molar-refractivity contribution in [2.24, 2.45) is 0 Å². The van der Waals surface area contributed by atoms with Gasteiger partial charge in [-0.05, 0) is 20.1 Å². The van der Waals surface area contributed by atoms with Crippen LogP contribution < -0.4 is 0 Å². The van der Waals surface area contributed by atoms with E-state index in [1.165, 1.54) is 0 Å². The highest BCUT2D eigenvalue weighted by Crippen LogP contribution is 2.03.